The van der Waals surface area contributed by atoms with E-state index in [-0.39, 0.29) is 17.9 Å². The van der Waals surface area contributed by atoms with Crippen LogP contribution in [0.4, 0.5) is 5.69 Å². The zero-order valence-corrected chi connectivity index (χ0v) is 12.2. The molecule has 1 fully saturated rings. The van der Waals surface area contributed by atoms with E-state index in [0.717, 1.165) is 18.5 Å². The summed E-state index contributed by atoms with van der Waals surface area (Å²) >= 11 is 0. The predicted octanol–water partition coefficient (Wildman–Crippen LogP) is 2.59. The number of nitrogens with one attached hydrogen (secondary N) is 1. The van der Waals surface area contributed by atoms with E-state index in [0.29, 0.717) is 19.4 Å². The molecule has 4 nitrogen and oxygen atoms in total. The van der Waals surface area contributed by atoms with E-state index in [9.17, 15) is 9.59 Å². The van der Waals surface area contributed by atoms with Gasteiger partial charge in [0.1, 0.15) is 6.04 Å². The molecule has 0 radical (unpaired) electrons. The summed E-state index contributed by atoms with van der Waals surface area (Å²) in [6.07, 6.45) is 3.04. The highest BCUT2D eigenvalue weighted by atomic mass is 16.2. The molecule has 1 aromatic rings. The molecule has 20 heavy (non-hydrogen) atoms. The van der Waals surface area contributed by atoms with E-state index in [2.05, 4.69) is 12.2 Å². The Morgan fingerprint density at radius 3 is 2.50 bits per heavy atom. The predicted molar refractivity (Wildman–Crippen MR) is 79.5 cm³/mol. The Morgan fingerprint density at radius 2 is 2.00 bits per heavy atom. The van der Waals surface area contributed by atoms with Crippen molar-refractivity contribution in [1.82, 2.24) is 4.90 Å². The lowest BCUT2D eigenvalue weighted by Gasteiger charge is -2.25. The number of nitrogens with zero attached hydrogens (tertiary/aromatic N) is 1. The maximum Gasteiger partial charge on any atom is 0.247 e. The molecule has 0 aliphatic carbocycles. The molecule has 1 atom stereocenters. The second kappa shape index (κ2) is 6.55. The number of amides is 2. The van der Waals surface area contributed by atoms with Gasteiger partial charge in [0.25, 0.3) is 0 Å². The zero-order chi connectivity index (χ0) is 14.5. The van der Waals surface area contributed by atoms with Crippen molar-refractivity contribution in [2.45, 2.75) is 45.6 Å². The average molecular weight is 274 g/mol. The smallest absolute Gasteiger partial charge is 0.247 e. The van der Waals surface area contributed by atoms with Crippen molar-refractivity contribution in [2.75, 3.05) is 11.9 Å². The van der Waals surface area contributed by atoms with Crippen LogP contribution in [0.5, 0.6) is 0 Å². The minimum absolute atomic E-state index is 0.0907. The quantitative estimate of drug-likeness (QED) is 0.897. The minimum Gasteiger partial charge on any atom is -0.331 e. The Hall–Kier alpha value is -1.84. The topological polar surface area (TPSA) is 49.4 Å². The first-order valence-corrected chi connectivity index (χ1v) is 7.35. The van der Waals surface area contributed by atoms with Crippen LogP contribution in [0.15, 0.2) is 24.3 Å². The average Bonchev–Trinajstić information content (AvgIpc) is 2.87. The van der Waals surface area contributed by atoms with E-state index < -0.39 is 0 Å². The van der Waals surface area contributed by atoms with E-state index >= 15 is 0 Å². The first-order valence-electron chi connectivity index (χ1n) is 7.35. The van der Waals surface area contributed by atoms with Crippen LogP contribution in [0, 0.1) is 0 Å². The SMILES string of the molecule is CCc1ccc(NC(=O)C(CC)N2CCCC2=O)cc1. The van der Waals surface area contributed by atoms with Gasteiger partial charge in [0.15, 0.2) is 0 Å². The Morgan fingerprint density at radius 1 is 1.30 bits per heavy atom. The highest BCUT2D eigenvalue weighted by Crippen LogP contribution is 2.18. The van der Waals surface area contributed by atoms with Gasteiger partial charge in [-0.2, -0.15) is 0 Å². The molecule has 0 bridgehead atoms. The van der Waals surface area contributed by atoms with Gasteiger partial charge in [-0.25, -0.2) is 0 Å². The summed E-state index contributed by atoms with van der Waals surface area (Å²) in [6.45, 7) is 4.73. The number of likely N-dealkylation sites (tertiary alicyclic amines) is 1. The first kappa shape index (κ1) is 14.6. The van der Waals surface area contributed by atoms with Crippen LogP contribution in [-0.2, 0) is 16.0 Å². The van der Waals surface area contributed by atoms with Crippen LogP contribution in [0.1, 0.15) is 38.7 Å². The number of rotatable bonds is 5. The van der Waals surface area contributed by atoms with E-state index in [4.69, 9.17) is 0 Å². The third-order valence-electron chi connectivity index (χ3n) is 3.81. The van der Waals surface area contributed by atoms with Crippen LogP contribution >= 0.6 is 0 Å². The molecule has 1 aliphatic heterocycles. The van der Waals surface area contributed by atoms with Crippen LogP contribution in [-0.4, -0.2) is 29.3 Å². The molecule has 2 rings (SSSR count). The molecule has 0 spiro atoms. The van der Waals surface area contributed by atoms with Crippen LogP contribution in [0.3, 0.4) is 0 Å². The molecule has 4 heteroatoms. The standard InChI is InChI=1S/C16H22N2O2/c1-3-12-7-9-13(10-8-12)17-16(20)14(4-2)18-11-5-6-15(18)19/h7-10,14H,3-6,11H2,1-2H3,(H,17,20). The van der Waals surface area contributed by atoms with Gasteiger partial charge in [-0.05, 0) is 37.0 Å². The summed E-state index contributed by atoms with van der Waals surface area (Å²) in [5.41, 5.74) is 2.03. The fourth-order valence-corrected chi connectivity index (χ4v) is 2.60. The van der Waals surface area contributed by atoms with Gasteiger partial charge in [0.2, 0.25) is 11.8 Å². The number of carbonyl (C=O) groups is 2. The third-order valence-corrected chi connectivity index (χ3v) is 3.81. The third kappa shape index (κ3) is 3.18. The summed E-state index contributed by atoms with van der Waals surface area (Å²) in [6, 6.07) is 7.50. The van der Waals surface area contributed by atoms with Gasteiger partial charge in [0, 0.05) is 18.7 Å². The Balaban J connectivity index is 2.03. The van der Waals surface area contributed by atoms with Crippen LogP contribution in [0.25, 0.3) is 0 Å². The largest absolute Gasteiger partial charge is 0.331 e. The molecule has 1 N–H and O–H groups in total. The molecule has 0 saturated carbocycles. The van der Waals surface area contributed by atoms with Gasteiger partial charge in [-0.3, -0.25) is 9.59 Å². The Bertz CT molecular complexity index is 482. The van der Waals surface area contributed by atoms with Crippen LogP contribution in [0.2, 0.25) is 0 Å². The maximum atomic E-state index is 12.3. The first-order chi connectivity index (χ1) is 9.65. The maximum absolute atomic E-state index is 12.3. The highest BCUT2D eigenvalue weighted by molar-refractivity contribution is 5.97. The van der Waals surface area contributed by atoms with Gasteiger partial charge in [-0.1, -0.05) is 26.0 Å². The number of hydrogen-bond acceptors (Lipinski definition) is 2. The second-order valence-electron chi connectivity index (χ2n) is 5.15. The molecule has 1 heterocycles. The molecule has 2 amide bonds. The monoisotopic (exact) mass is 274 g/mol. The molecule has 0 aromatic heterocycles. The fraction of sp³-hybridized carbons (Fsp3) is 0.500. The van der Waals surface area contributed by atoms with Crippen molar-refractivity contribution >= 4 is 17.5 Å². The normalized spacial score (nSPS) is 16.3. The van der Waals surface area contributed by atoms with Gasteiger partial charge in [-0.15, -0.1) is 0 Å². The van der Waals surface area contributed by atoms with Crippen molar-refractivity contribution in [3.05, 3.63) is 29.8 Å². The molecule has 1 unspecified atom stereocenters. The minimum atomic E-state index is -0.351. The lowest BCUT2D eigenvalue weighted by Crippen LogP contribution is -2.44. The van der Waals surface area contributed by atoms with E-state index in [1.54, 1.807) is 4.90 Å². The molecule has 108 valence electrons. The number of hydrogen-bond donors (Lipinski definition) is 1. The summed E-state index contributed by atoms with van der Waals surface area (Å²) in [5.74, 6) is 0.000305. The molecular weight excluding hydrogens is 252 g/mol. The van der Waals surface area contributed by atoms with E-state index in [1.165, 1.54) is 5.56 Å². The Kier molecular flexibility index (Phi) is 4.77. The molecule has 1 aliphatic rings. The fourth-order valence-electron chi connectivity index (χ4n) is 2.60. The summed E-state index contributed by atoms with van der Waals surface area (Å²) in [7, 11) is 0. The lowest BCUT2D eigenvalue weighted by atomic mass is 10.1. The summed E-state index contributed by atoms with van der Waals surface area (Å²) < 4.78 is 0. The van der Waals surface area contributed by atoms with Gasteiger partial charge >= 0.3 is 0 Å². The van der Waals surface area contributed by atoms with Crippen molar-refractivity contribution in [3.63, 3.8) is 0 Å². The number of aryl methyl sites for hydroxylation is 1. The van der Waals surface area contributed by atoms with Gasteiger partial charge in [0.05, 0.1) is 0 Å². The van der Waals surface area contributed by atoms with Crippen LogP contribution < -0.4 is 5.32 Å². The molecule has 1 saturated heterocycles. The van der Waals surface area contributed by atoms with Crippen molar-refractivity contribution in [3.8, 4) is 0 Å². The highest BCUT2D eigenvalue weighted by Gasteiger charge is 2.31. The lowest BCUT2D eigenvalue weighted by molar-refractivity contribution is -0.135. The van der Waals surface area contributed by atoms with Crippen molar-refractivity contribution in [1.29, 1.82) is 0 Å². The van der Waals surface area contributed by atoms with E-state index in [1.807, 2.05) is 31.2 Å². The number of benzene rings is 1. The Labute approximate surface area is 120 Å². The van der Waals surface area contributed by atoms with Gasteiger partial charge < -0.3 is 10.2 Å². The second-order valence-corrected chi connectivity index (χ2v) is 5.15. The summed E-state index contributed by atoms with van der Waals surface area (Å²) in [5, 5.41) is 2.91. The van der Waals surface area contributed by atoms with Crippen molar-refractivity contribution < 1.29 is 9.59 Å². The van der Waals surface area contributed by atoms with Crippen molar-refractivity contribution in [2.24, 2.45) is 0 Å². The summed E-state index contributed by atoms with van der Waals surface area (Å²) in [4.78, 5) is 25.8. The molecule has 1 aromatic carbocycles. The molecular formula is C16H22N2O2. The zero-order valence-electron chi connectivity index (χ0n) is 12.2. The number of carbonyl (C=O) groups excluding carboxylic acids is 2. The number of anilines is 1.